The second-order valence-electron chi connectivity index (χ2n) is 6.30. The van der Waals surface area contributed by atoms with Crippen molar-refractivity contribution < 1.29 is 32.2 Å². The Morgan fingerprint density at radius 1 is 1.39 bits per heavy atom. The lowest BCUT2D eigenvalue weighted by molar-refractivity contribution is -0.173. The molecule has 23 heavy (non-hydrogen) atoms. The van der Waals surface area contributed by atoms with Gasteiger partial charge in [-0.2, -0.15) is 0 Å². The SMILES string of the molecule is CC(C)O[C@H](COC(=O)[C@H]1COC(C)(C)O1)CN(C)S(C)(=O)=O. The molecule has 1 aliphatic rings. The lowest BCUT2D eigenvalue weighted by atomic mass is 10.3. The van der Waals surface area contributed by atoms with Crippen LogP contribution >= 0.6 is 0 Å². The number of esters is 1. The Bertz CT molecular complexity index is 503. The molecule has 1 fully saturated rings. The summed E-state index contributed by atoms with van der Waals surface area (Å²) in [5.74, 6) is -1.36. The van der Waals surface area contributed by atoms with Gasteiger partial charge in [0, 0.05) is 13.6 Å². The van der Waals surface area contributed by atoms with Gasteiger partial charge in [-0.05, 0) is 27.7 Å². The number of hydrogen-bond donors (Lipinski definition) is 0. The summed E-state index contributed by atoms with van der Waals surface area (Å²) in [5, 5.41) is 0. The summed E-state index contributed by atoms with van der Waals surface area (Å²) in [6.45, 7) is 7.25. The topological polar surface area (TPSA) is 91.4 Å². The first kappa shape index (κ1) is 20.3. The van der Waals surface area contributed by atoms with Crippen molar-refractivity contribution in [3.05, 3.63) is 0 Å². The molecule has 0 bridgehead atoms. The predicted molar refractivity (Wildman–Crippen MR) is 83.3 cm³/mol. The molecule has 1 rings (SSSR count). The summed E-state index contributed by atoms with van der Waals surface area (Å²) in [5.41, 5.74) is 0. The van der Waals surface area contributed by atoms with Crippen LogP contribution in [0.3, 0.4) is 0 Å². The quantitative estimate of drug-likeness (QED) is 0.582. The van der Waals surface area contributed by atoms with Crippen LogP contribution in [-0.2, 0) is 33.8 Å². The summed E-state index contributed by atoms with van der Waals surface area (Å²) in [6, 6.07) is 0. The number of likely N-dealkylation sites (N-methyl/N-ethyl adjacent to an activating group) is 1. The van der Waals surface area contributed by atoms with E-state index in [1.807, 2.05) is 13.8 Å². The fourth-order valence-electron chi connectivity index (χ4n) is 2.01. The third kappa shape index (κ3) is 7.13. The summed E-state index contributed by atoms with van der Waals surface area (Å²) in [7, 11) is -1.89. The van der Waals surface area contributed by atoms with Crippen molar-refractivity contribution in [1.29, 1.82) is 0 Å². The second kappa shape index (κ2) is 7.89. The number of rotatable bonds is 8. The first-order chi connectivity index (χ1) is 10.4. The second-order valence-corrected chi connectivity index (χ2v) is 8.39. The van der Waals surface area contributed by atoms with Gasteiger partial charge in [0.15, 0.2) is 11.9 Å². The van der Waals surface area contributed by atoms with E-state index in [4.69, 9.17) is 18.9 Å². The average Bonchev–Trinajstić information content (AvgIpc) is 2.74. The molecule has 0 saturated carbocycles. The zero-order valence-corrected chi connectivity index (χ0v) is 15.4. The number of hydrogen-bond acceptors (Lipinski definition) is 7. The minimum atomic E-state index is -3.34. The molecule has 0 amide bonds. The number of carbonyl (C=O) groups is 1. The number of carbonyl (C=O) groups excluding carboxylic acids is 1. The van der Waals surface area contributed by atoms with Crippen LogP contribution in [-0.4, -0.2) is 75.9 Å². The molecule has 136 valence electrons. The Kier molecular flexibility index (Phi) is 6.96. The minimum absolute atomic E-state index is 0.0584. The van der Waals surface area contributed by atoms with Gasteiger partial charge in [0.25, 0.3) is 0 Å². The first-order valence-corrected chi connectivity index (χ1v) is 9.30. The molecular formula is C14H27NO7S. The van der Waals surface area contributed by atoms with Crippen LogP contribution in [0.2, 0.25) is 0 Å². The Hall–Kier alpha value is -0.740. The van der Waals surface area contributed by atoms with E-state index >= 15 is 0 Å². The van der Waals surface area contributed by atoms with Gasteiger partial charge in [0.05, 0.1) is 19.0 Å². The highest BCUT2D eigenvalue weighted by molar-refractivity contribution is 7.88. The van der Waals surface area contributed by atoms with Gasteiger partial charge < -0.3 is 18.9 Å². The molecule has 8 nitrogen and oxygen atoms in total. The molecule has 1 aliphatic heterocycles. The Morgan fingerprint density at radius 3 is 2.43 bits per heavy atom. The summed E-state index contributed by atoms with van der Waals surface area (Å²) in [4.78, 5) is 12.0. The molecule has 0 aliphatic carbocycles. The van der Waals surface area contributed by atoms with Gasteiger partial charge in [-0.1, -0.05) is 0 Å². The van der Waals surface area contributed by atoms with Crippen molar-refractivity contribution in [1.82, 2.24) is 4.31 Å². The largest absolute Gasteiger partial charge is 0.461 e. The van der Waals surface area contributed by atoms with Crippen LogP contribution in [0.15, 0.2) is 0 Å². The maximum atomic E-state index is 12.0. The molecule has 0 spiro atoms. The molecule has 0 N–H and O–H groups in total. The first-order valence-electron chi connectivity index (χ1n) is 7.46. The maximum Gasteiger partial charge on any atom is 0.337 e. The molecule has 1 saturated heterocycles. The Morgan fingerprint density at radius 2 is 2.00 bits per heavy atom. The van der Waals surface area contributed by atoms with Crippen molar-refractivity contribution in [2.24, 2.45) is 0 Å². The maximum absolute atomic E-state index is 12.0. The fourth-order valence-corrected chi connectivity index (χ4v) is 2.45. The van der Waals surface area contributed by atoms with Gasteiger partial charge in [-0.3, -0.25) is 0 Å². The third-order valence-electron chi connectivity index (χ3n) is 3.17. The zero-order chi connectivity index (χ0) is 17.8. The number of ether oxygens (including phenoxy) is 4. The monoisotopic (exact) mass is 353 g/mol. The molecule has 0 unspecified atom stereocenters. The molecule has 0 radical (unpaired) electrons. The van der Waals surface area contributed by atoms with Crippen LogP contribution in [0.25, 0.3) is 0 Å². The van der Waals surface area contributed by atoms with Crippen molar-refractivity contribution >= 4 is 16.0 Å². The van der Waals surface area contributed by atoms with E-state index in [-0.39, 0.29) is 25.9 Å². The van der Waals surface area contributed by atoms with Crippen LogP contribution in [0.4, 0.5) is 0 Å². The van der Waals surface area contributed by atoms with Gasteiger partial charge in [-0.25, -0.2) is 17.5 Å². The molecule has 0 aromatic rings. The van der Waals surface area contributed by atoms with E-state index < -0.39 is 34.0 Å². The number of sulfonamides is 1. The Balaban J connectivity index is 2.55. The zero-order valence-electron chi connectivity index (χ0n) is 14.6. The van der Waals surface area contributed by atoms with Crippen LogP contribution < -0.4 is 0 Å². The molecule has 9 heteroatoms. The molecule has 0 aromatic heterocycles. The summed E-state index contributed by atoms with van der Waals surface area (Å²) >= 11 is 0. The lowest BCUT2D eigenvalue weighted by Crippen LogP contribution is -2.40. The van der Waals surface area contributed by atoms with Crippen molar-refractivity contribution in [2.75, 3.05) is 33.1 Å². The highest BCUT2D eigenvalue weighted by atomic mass is 32.2. The Labute approximate surface area is 138 Å². The average molecular weight is 353 g/mol. The van der Waals surface area contributed by atoms with E-state index in [0.29, 0.717) is 0 Å². The third-order valence-corrected chi connectivity index (χ3v) is 4.46. The normalized spacial score (nSPS) is 22.5. The van der Waals surface area contributed by atoms with Gasteiger partial charge >= 0.3 is 5.97 Å². The fraction of sp³-hybridized carbons (Fsp3) is 0.929. The van der Waals surface area contributed by atoms with Crippen molar-refractivity contribution in [3.63, 3.8) is 0 Å². The standard InChI is InChI=1S/C14H27NO7S/c1-10(2)21-11(7-15(5)23(6,17)18)8-19-13(16)12-9-20-14(3,4)22-12/h10-12H,7-9H2,1-6H3/t11-,12+/m0/s1. The molecule has 2 atom stereocenters. The van der Waals surface area contributed by atoms with Crippen molar-refractivity contribution in [2.45, 2.75) is 51.8 Å². The predicted octanol–water partition coefficient (Wildman–Crippen LogP) is 0.366. The van der Waals surface area contributed by atoms with E-state index in [0.717, 1.165) is 10.6 Å². The lowest BCUT2D eigenvalue weighted by Gasteiger charge is -2.25. The van der Waals surface area contributed by atoms with Crippen molar-refractivity contribution in [3.8, 4) is 0 Å². The summed E-state index contributed by atoms with van der Waals surface area (Å²) in [6.07, 6.45) is -0.361. The molecule has 0 aromatic carbocycles. The van der Waals surface area contributed by atoms with Crippen LogP contribution in [0.1, 0.15) is 27.7 Å². The van der Waals surface area contributed by atoms with Gasteiger partial charge in [0.2, 0.25) is 10.0 Å². The minimum Gasteiger partial charge on any atom is -0.461 e. The van der Waals surface area contributed by atoms with Gasteiger partial charge in [0.1, 0.15) is 12.7 Å². The van der Waals surface area contributed by atoms with Crippen LogP contribution in [0, 0.1) is 0 Å². The highest BCUT2D eigenvalue weighted by Crippen LogP contribution is 2.23. The van der Waals surface area contributed by atoms with Gasteiger partial charge in [-0.15, -0.1) is 0 Å². The van der Waals surface area contributed by atoms with E-state index in [1.54, 1.807) is 13.8 Å². The van der Waals surface area contributed by atoms with E-state index in [9.17, 15) is 13.2 Å². The van der Waals surface area contributed by atoms with Crippen LogP contribution in [0.5, 0.6) is 0 Å². The molecule has 1 heterocycles. The number of nitrogens with zero attached hydrogens (tertiary/aromatic N) is 1. The smallest absolute Gasteiger partial charge is 0.337 e. The highest BCUT2D eigenvalue weighted by Gasteiger charge is 2.38. The van der Waals surface area contributed by atoms with E-state index in [1.165, 1.54) is 7.05 Å². The van der Waals surface area contributed by atoms with E-state index in [2.05, 4.69) is 0 Å². The molecular weight excluding hydrogens is 326 g/mol. The summed E-state index contributed by atoms with van der Waals surface area (Å²) < 4.78 is 45.7.